The fourth-order valence-electron chi connectivity index (χ4n) is 1.31. The van der Waals surface area contributed by atoms with E-state index in [1.807, 2.05) is 18.4 Å². The third-order valence-corrected chi connectivity index (χ3v) is 4.58. The van der Waals surface area contributed by atoms with Crippen molar-refractivity contribution in [2.24, 2.45) is 0 Å². The predicted octanol–water partition coefficient (Wildman–Crippen LogP) is 4.01. The van der Waals surface area contributed by atoms with E-state index in [1.165, 1.54) is 22.7 Å². The highest BCUT2D eigenvalue weighted by Gasteiger charge is 2.18. The van der Waals surface area contributed by atoms with Gasteiger partial charge in [0.05, 0.1) is 16.3 Å². The van der Waals surface area contributed by atoms with Gasteiger partial charge in [0, 0.05) is 0 Å². The third kappa shape index (κ3) is 2.00. The lowest BCUT2D eigenvalue weighted by Crippen LogP contribution is -1.97. The first-order chi connectivity index (χ1) is 7.63. The van der Waals surface area contributed by atoms with Crippen LogP contribution >= 0.6 is 34.3 Å². The lowest BCUT2D eigenvalue weighted by Gasteiger charge is -1.99. The molecule has 0 atom stereocenters. The second kappa shape index (κ2) is 4.57. The Bertz CT molecular complexity index is 508. The summed E-state index contributed by atoms with van der Waals surface area (Å²) in [6.07, 6.45) is 0. The van der Waals surface area contributed by atoms with Gasteiger partial charge in [0.25, 0.3) is 0 Å². The van der Waals surface area contributed by atoms with Crippen LogP contribution in [-0.4, -0.2) is 12.9 Å². The number of hydrogen-bond acceptors (Lipinski definition) is 4. The highest BCUT2D eigenvalue weighted by Crippen LogP contribution is 2.32. The lowest BCUT2D eigenvalue weighted by molar-refractivity contribution is 0.104. The highest BCUT2D eigenvalue weighted by molar-refractivity contribution is 7.19. The molecule has 0 unspecified atom stereocenters. The van der Waals surface area contributed by atoms with Crippen LogP contribution in [0.2, 0.25) is 4.34 Å². The largest absolute Gasteiger partial charge is 0.495 e. The number of ketones is 1. The van der Waals surface area contributed by atoms with E-state index in [1.54, 1.807) is 13.2 Å². The van der Waals surface area contributed by atoms with Crippen molar-refractivity contribution in [3.05, 3.63) is 37.2 Å². The zero-order chi connectivity index (χ0) is 11.7. The molecule has 0 amide bonds. The lowest BCUT2D eigenvalue weighted by atomic mass is 10.2. The molecule has 0 bridgehead atoms. The van der Waals surface area contributed by atoms with Gasteiger partial charge in [-0.05, 0) is 30.0 Å². The molecule has 5 heteroatoms. The average Bonchev–Trinajstić information content (AvgIpc) is 2.85. The first kappa shape index (κ1) is 11.6. The van der Waals surface area contributed by atoms with Crippen LogP contribution in [0, 0.1) is 6.92 Å². The van der Waals surface area contributed by atoms with Gasteiger partial charge in [0.15, 0.2) is 0 Å². The number of rotatable bonds is 3. The van der Waals surface area contributed by atoms with Crippen molar-refractivity contribution in [3.8, 4) is 5.75 Å². The minimum absolute atomic E-state index is 0.0214. The number of hydrogen-bond donors (Lipinski definition) is 0. The van der Waals surface area contributed by atoms with Gasteiger partial charge in [0.1, 0.15) is 10.6 Å². The molecule has 2 heterocycles. The van der Waals surface area contributed by atoms with Crippen molar-refractivity contribution in [1.82, 2.24) is 0 Å². The van der Waals surface area contributed by atoms with Crippen molar-refractivity contribution in [2.45, 2.75) is 6.92 Å². The molecule has 84 valence electrons. The Hall–Kier alpha value is -0.840. The molecular weight excluding hydrogens is 264 g/mol. The van der Waals surface area contributed by atoms with Crippen LogP contribution in [0.3, 0.4) is 0 Å². The Kier molecular flexibility index (Phi) is 3.33. The summed E-state index contributed by atoms with van der Waals surface area (Å²) >= 11 is 8.64. The second-order valence-electron chi connectivity index (χ2n) is 3.21. The molecule has 2 aromatic heterocycles. The third-order valence-electron chi connectivity index (χ3n) is 2.14. The van der Waals surface area contributed by atoms with Crippen molar-refractivity contribution < 1.29 is 9.53 Å². The molecule has 0 fully saturated rings. The van der Waals surface area contributed by atoms with Gasteiger partial charge >= 0.3 is 0 Å². The molecule has 0 spiro atoms. The minimum Gasteiger partial charge on any atom is -0.495 e. The van der Waals surface area contributed by atoms with Crippen LogP contribution in [0.15, 0.2) is 17.5 Å². The van der Waals surface area contributed by atoms with Crippen molar-refractivity contribution in [3.63, 3.8) is 0 Å². The molecule has 0 aliphatic rings. The monoisotopic (exact) mass is 272 g/mol. The molecule has 0 radical (unpaired) electrons. The number of halogens is 1. The maximum Gasteiger partial charge on any atom is 0.216 e. The summed E-state index contributed by atoms with van der Waals surface area (Å²) in [5, 5.41) is 1.84. The summed E-state index contributed by atoms with van der Waals surface area (Å²) < 4.78 is 5.79. The van der Waals surface area contributed by atoms with Crippen LogP contribution in [0.1, 0.15) is 20.1 Å². The van der Waals surface area contributed by atoms with E-state index in [9.17, 15) is 4.79 Å². The zero-order valence-corrected chi connectivity index (χ0v) is 11.1. The van der Waals surface area contributed by atoms with Crippen LogP contribution < -0.4 is 4.74 Å². The molecule has 0 aliphatic carbocycles. The van der Waals surface area contributed by atoms with Crippen molar-refractivity contribution in [2.75, 3.05) is 7.11 Å². The number of carbonyl (C=O) groups excluding carboxylic acids is 1. The molecule has 2 aromatic rings. The van der Waals surface area contributed by atoms with Crippen LogP contribution in [-0.2, 0) is 0 Å². The fourth-order valence-corrected chi connectivity index (χ4v) is 3.33. The molecule has 0 saturated heterocycles. The maximum atomic E-state index is 12.1. The number of aryl methyl sites for hydroxylation is 1. The summed E-state index contributed by atoms with van der Waals surface area (Å²) in [6.45, 7) is 1.89. The van der Waals surface area contributed by atoms with Crippen molar-refractivity contribution >= 4 is 40.1 Å². The van der Waals surface area contributed by atoms with Gasteiger partial charge in [-0.3, -0.25) is 4.79 Å². The molecular formula is C11H9ClO2S2. The van der Waals surface area contributed by atoms with E-state index in [0.717, 1.165) is 5.56 Å². The van der Waals surface area contributed by atoms with Crippen LogP contribution in [0.25, 0.3) is 0 Å². The van der Waals surface area contributed by atoms with Gasteiger partial charge in [-0.1, -0.05) is 11.6 Å². The molecule has 0 aliphatic heterocycles. The predicted molar refractivity (Wildman–Crippen MR) is 68.4 cm³/mol. The van der Waals surface area contributed by atoms with Gasteiger partial charge in [-0.2, -0.15) is 0 Å². The first-order valence-electron chi connectivity index (χ1n) is 4.55. The van der Waals surface area contributed by atoms with Gasteiger partial charge in [0.2, 0.25) is 5.78 Å². The van der Waals surface area contributed by atoms with E-state index in [4.69, 9.17) is 16.3 Å². The van der Waals surface area contributed by atoms with E-state index in [-0.39, 0.29) is 5.78 Å². The normalized spacial score (nSPS) is 10.4. The molecule has 0 aromatic carbocycles. The molecule has 2 nitrogen and oxygen atoms in total. The second-order valence-corrected chi connectivity index (χ2v) is 5.78. The molecule has 16 heavy (non-hydrogen) atoms. The highest BCUT2D eigenvalue weighted by atomic mass is 35.5. The Morgan fingerprint density at radius 1 is 1.50 bits per heavy atom. The van der Waals surface area contributed by atoms with E-state index in [0.29, 0.717) is 19.8 Å². The van der Waals surface area contributed by atoms with E-state index >= 15 is 0 Å². The van der Waals surface area contributed by atoms with Gasteiger partial charge in [-0.25, -0.2) is 0 Å². The van der Waals surface area contributed by atoms with Gasteiger partial charge < -0.3 is 4.74 Å². The zero-order valence-electron chi connectivity index (χ0n) is 8.74. The summed E-state index contributed by atoms with van der Waals surface area (Å²) in [7, 11) is 1.56. The Balaban J connectivity index is 2.39. The van der Waals surface area contributed by atoms with Crippen LogP contribution in [0.4, 0.5) is 0 Å². The smallest absolute Gasteiger partial charge is 0.216 e. The first-order valence-corrected chi connectivity index (χ1v) is 6.63. The average molecular weight is 273 g/mol. The number of methoxy groups -OCH3 is 1. The quantitative estimate of drug-likeness (QED) is 0.789. The topological polar surface area (TPSA) is 26.3 Å². The number of carbonyl (C=O) groups is 1. The molecule has 2 rings (SSSR count). The number of thiophene rings is 2. The van der Waals surface area contributed by atoms with E-state index < -0.39 is 0 Å². The standard InChI is InChI=1S/C11H9ClO2S2/c1-6-5-8(16-11(6)12)9(13)10-7(14-2)3-4-15-10/h3-5H,1-2H3. The molecule has 0 N–H and O–H groups in total. The number of ether oxygens (including phenoxy) is 1. The van der Waals surface area contributed by atoms with Gasteiger partial charge in [-0.15, -0.1) is 22.7 Å². The Labute approximate surface area is 106 Å². The Morgan fingerprint density at radius 3 is 2.81 bits per heavy atom. The SMILES string of the molecule is COc1ccsc1C(=O)c1cc(C)c(Cl)s1. The van der Waals surface area contributed by atoms with Crippen LogP contribution in [0.5, 0.6) is 5.75 Å². The molecule has 0 saturated carbocycles. The summed E-state index contributed by atoms with van der Waals surface area (Å²) in [4.78, 5) is 13.4. The van der Waals surface area contributed by atoms with Crippen molar-refractivity contribution in [1.29, 1.82) is 0 Å². The summed E-state index contributed by atoms with van der Waals surface area (Å²) in [5.41, 5.74) is 0.936. The summed E-state index contributed by atoms with van der Waals surface area (Å²) in [5.74, 6) is 0.601. The fraction of sp³-hybridized carbons (Fsp3) is 0.182. The Morgan fingerprint density at radius 2 is 2.25 bits per heavy atom. The maximum absolute atomic E-state index is 12.1. The minimum atomic E-state index is -0.0214. The summed E-state index contributed by atoms with van der Waals surface area (Å²) in [6, 6.07) is 3.61. The van der Waals surface area contributed by atoms with E-state index in [2.05, 4.69) is 0 Å².